The van der Waals surface area contributed by atoms with Crippen LogP contribution in [0.1, 0.15) is 11.1 Å². The Kier molecular flexibility index (Phi) is 2.75. The van der Waals surface area contributed by atoms with Gasteiger partial charge in [-0.05, 0) is 17.7 Å². The van der Waals surface area contributed by atoms with Gasteiger partial charge >= 0.3 is 6.18 Å². The van der Waals surface area contributed by atoms with Gasteiger partial charge in [0.15, 0.2) is 0 Å². The molecule has 0 saturated heterocycles. The third-order valence-corrected chi connectivity index (χ3v) is 1.88. The van der Waals surface area contributed by atoms with Gasteiger partial charge in [0.05, 0.1) is 29.4 Å². The largest absolute Gasteiger partial charge is 0.416 e. The molecule has 0 atom stereocenters. The second-order valence-corrected chi connectivity index (χ2v) is 2.97. The van der Waals surface area contributed by atoms with E-state index in [0.29, 0.717) is 0 Å². The summed E-state index contributed by atoms with van der Waals surface area (Å²) >= 11 is 0. The summed E-state index contributed by atoms with van der Waals surface area (Å²) in [6.07, 6.45) is -4.87. The molecule has 1 rings (SSSR count). The summed E-state index contributed by atoms with van der Waals surface area (Å²) in [5.74, 6) is 0. The van der Waals surface area contributed by atoms with Crippen LogP contribution in [0.25, 0.3) is 0 Å². The van der Waals surface area contributed by atoms with Crippen molar-refractivity contribution in [3.05, 3.63) is 23.3 Å². The first-order valence-electron chi connectivity index (χ1n) is 3.98. The Labute approximate surface area is 84.1 Å². The monoisotopic (exact) mass is 215 g/mol. The van der Waals surface area contributed by atoms with E-state index in [1.165, 1.54) is 0 Å². The van der Waals surface area contributed by atoms with Crippen molar-refractivity contribution in [1.29, 1.82) is 5.26 Å². The molecule has 0 aliphatic carbocycles. The predicted octanol–water partition coefficient (Wildman–Crippen LogP) is 1.94. The molecule has 6 heteroatoms. The average molecular weight is 215 g/mol. The average Bonchev–Trinajstić information content (AvgIpc) is 2.09. The lowest BCUT2D eigenvalue weighted by atomic mass is 10.0. The number of halogens is 3. The molecule has 0 heterocycles. The van der Waals surface area contributed by atoms with Crippen molar-refractivity contribution in [1.82, 2.24) is 0 Å². The smallest absolute Gasteiger partial charge is 0.397 e. The quantitative estimate of drug-likeness (QED) is 0.703. The van der Waals surface area contributed by atoms with Gasteiger partial charge in [-0.25, -0.2) is 0 Å². The highest BCUT2D eigenvalue weighted by Crippen LogP contribution is 2.35. The van der Waals surface area contributed by atoms with Gasteiger partial charge in [0.1, 0.15) is 0 Å². The minimum absolute atomic E-state index is 0.0493. The molecule has 0 spiro atoms. The predicted molar refractivity (Wildman–Crippen MR) is 49.6 cm³/mol. The number of hydrogen-bond acceptors (Lipinski definition) is 3. The highest BCUT2D eigenvalue weighted by atomic mass is 19.4. The maximum absolute atomic E-state index is 12.5. The third-order valence-electron chi connectivity index (χ3n) is 1.88. The molecule has 0 unspecified atom stereocenters. The lowest BCUT2D eigenvalue weighted by Crippen LogP contribution is -2.11. The topological polar surface area (TPSA) is 75.8 Å². The first-order chi connectivity index (χ1) is 6.86. The lowest BCUT2D eigenvalue weighted by Gasteiger charge is -2.13. The standard InChI is InChI=1S/C9H8F3N3/c10-9(11,12)6-4-8(15)7(14)3-5(6)1-2-13/h3-4H,1,14-15H2. The molecule has 0 aliphatic rings. The van der Waals surface area contributed by atoms with Gasteiger partial charge in [-0.3, -0.25) is 0 Å². The summed E-state index contributed by atoms with van der Waals surface area (Å²) < 4.78 is 37.4. The van der Waals surface area contributed by atoms with Crippen LogP contribution >= 0.6 is 0 Å². The van der Waals surface area contributed by atoms with Crippen LogP contribution < -0.4 is 11.5 Å². The van der Waals surface area contributed by atoms with Crippen molar-refractivity contribution in [3.8, 4) is 6.07 Å². The molecule has 0 aromatic heterocycles. The highest BCUT2D eigenvalue weighted by molar-refractivity contribution is 5.66. The van der Waals surface area contributed by atoms with E-state index in [9.17, 15) is 13.2 Å². The Balaban J connectivity index is 3.36. The molecule has 1 aromatic rings. The fraction of sp³-hybridized carbons (Fsp3) is 0.222. The zero-order valence-corrected chi connectivity index (χ0v) is 7.60. The second kappa shape index (κ2) is 3.69. The fourth-order valence-electron chi connectivity index (χ4n) is 1.18. The Hall–Kier alpha value is -1.90. The third kappa shape index (κ3) is 2.31. The normalized spacial score (nSPS) is 11.1. The fourth-order valence-corrected chi connectivity index (χ4v) is 1.18. The van der Waals surface area contributed by atoms with Crippen LogP contribution in [0, 0.1) is 11.3 Å². The van der Waals surface area contributed by atoms with Crippen molar-refractivity contribution in [2.45, 2.75) is 12.6 Å². The summed E-state index contributed by atoms with van der Waals surface area (Å²) in [5.41, 5.74) is 9.49. The van der Waals surface area contributed by atoms with E-state index in [1.807, 2.05) is 0 Å². The van der Waals surface area contributed by atoms with E-state index in [2.05, 4.69) is 0 Å². The number of nitrogen functional groups attached to an aromatic ring is 2. The van der Waals surface area contributed by atoms with E-state index in [-0.39, 0.29) is 23.4 Å². The summed E-state index contributed by atoms with van der Waals surface area (Å²) in [5, 5.41) is 8.38. The number of hydrogen-bond donors (Lipinski definition) is 2. The van der Waals surface area contributed by atoms with Crippen molar-refractivity contribution in [2.24, 2.45) is 0 Å². The Morgan fingerprint density at radius 3 is 2.20 bits per heavy atom. The van der Waals surface area contributed by atoms with Gasteiger partial charge in [0.25, 0.3) is 0 Å². The second-order valence-electron chi connectivity index (χ2n) is 2.97. The summed E-state index contributed by atoms with van der Waals surface area (Å²) in [6.45, 7) is 0. The number of anilines is 2. The first kappa shape index (κ1) is 11.2. The molecular formula is C9H8F3N3. The van der Waals surface area contributed by atoms with Crippen molar-refractivity contribution >= 4 is 11.4 Å². The number of benzene rings is 1. The molecule has 80 valence electrons. The van der Waals surface area contributed by atoms with Crippen molar-refractivity contribution in [2.75, 3.05) is 11.5 Å². The SMILES string of the molecule is N#CCc1cc(N)c(N)cc1C(F)(F)F. The van der Waals surface area contributed by atoms with Crippen molar-refractivity contribution < 1.29 is 13.2 Å². The molecule has 0 aliphatic heterocycles. The summed E-state index contributed by atoms with van der Waals surface area (Å²) in [7, 11) is 0. The number of nitriles is 1. The molecule has 0 amide bonds. The first-order valence-corrected chi connectivity index (χ1v) is 3.98. The molecule has 0 bridgehead atoms. The Bertz CT molecular complexity index is 418. The van der Waals surface area contributed by atoms with Crippen LogP contribution in [0.2, 0.25) is 0 Å². The van der Waals surface area contributed by atoms with Crippen LogP contribution in [-0.4, -0.2) is 0 Å². The van der Waals surface area contributed by atoms with Crippen LogP contribution in [0.4, 0.5) is 24.5 Å². The van der Waals surface area contributed by atoms with Gasteiger partial charge in [0.2, 0.25) is 0 Å². The molecule has 3 nitrogen and oxygen atoms in total. The zero-order chi connectivity index (χ0) is 11.6. The van der Waals surface area contributed by atoms with Gasteiger partial charge in [-0.15, -0.1) is 0 Å². The minimum Gasteiger partial charge on any atom is -0.397 e. The van der Waals surface area contributed by atoms with Gasteiger partial charge in [-0.1, -0.05) is 0 Å². The Morgan fingerprint density at radius 1 is 1.20 bits per heavy atom. The van der Waals surface area contributed by atoms with Gasteiger partial charge < -0.3 is 11.5 Å². The number of alkyl halides is 3. The summed E-state index contributed by atoms with van der Waals surface area (Å²) in [6, 6.07) is 3.48. The maximum atomic E-state index is 12.5. The molecule has 4 N–H and O–H groups in total. The molecule has 15 heavy (non-hydrogen) atoms. The van der Waals surface area contributed by atoms with E-state index >= 15 is 0 Å². The van der Waals surface area contributed by atoms with Crippen molar-refractivity contribution in [3.63, 3.8) is 0 Å². The van der Waals surface area contributed by atoms with E-state index in [0.717, 1.165) is 12.1 Å². The number of rotatable bonds is 1. The van der Waals surface area contributed by atoms with Gasteiger partial charge in [-0.2, -0.15) is 18.4 Å². The van der Waals surface area contributed by atoms with Crippen LogP contribution in [-0.2, 0) is 12.6 Å². The van der Waals surface area contributed by atoms with Gasteiger partial charge in [0, 0.05) is 0 Å². The van der Waals surface area contributed by atoms with E-state index < -0.39 is 11.7 Å². The maximum Gasteiger partial charge on any atom is 0.416 e. The van der Waals surface area contributed by atoms with E-state index in [4.69, 9.17) is 16.7 Å². The molecular weight excluding hydrogens is 207 g/mol. The molecule has 0 radical (unpaired) electrons. The molecule has 0 saturated carbocycles. The minimum atomic E-state index is -4.52. The van der Waals surface area contributed by atoms with E-state index in [1.54, 1.807) is 6.07 Å². The van der Waals surface area contributed by atoms with Crippen LogP contribution in [0.5, 0.6) is 0 Å². The highest BCUT2D eigenvalue weighted by Gasteiger charge is 2.33. The number of nitrogens with zero attached hydrogens (tertiary/aromatic N) is 1. The zero-order valence-electron chi connectivity index (χ0n) is 7.60. The molecule has 1 aromatic carbocycles. The molecule has 0 fully saturated rings. The Morgan fingerprint density at radius 2 is 1.73 bits per heavy atom. The lowest BCUT2D eigenvalue weighted by molar-refractivity contribution is -0.138. The van der Waals surface area contributed by atoms with Crippen LogP contribution in [0.15, 0.2) is 12.1 Å². The van der Waals surface area contributed by atoms with Crippen LogP contribution in [0.3, 0.4) is 0 Å². The number of nitrogens with two attached hydrogens (primary N) is 2. The summed E-state index contributed by atoms with van der Waals surface area (Å²) in [4.78, 5) is 0.